The summed E-state index contributed by atoms with van der Waals surface area (Å²) in [6, 6.07) is 5.79. The summed E-state index contributed by atoms with van der Waals surface area (Å²) in [5.41, 5.74) is 2.31. The average Bonchev–Trinajstić information content (AvgIpc) is 2.38. The Kier molecular flexibility index (Phi) is 3.82. The van der Waals surface area contributed by atoms with Crippen LogP contribution in [0.4, 0.5) is 4.39 Å². The number of aryl methyl sites for hydroxylation is 1. The van der Waals surface area contributed by atoms with Crippen LogP contribution in [0.15, 0.2) is 18.2 Å². The zero-order valence-corrected chi connectivity index (χ0v) is 11.5. The number of nitrogens with one attached hydrogen (secondary N) is 1. The fraction of sp³-hybridized carbons (Fsp3) is 0.600. The van der Waals surface area contributed by atoms with E-state index in [-0.39, 0.29) is 5.82 Å². The van der Waals surface area contributed by atoms with E-state index in [2.05, 4.69) is 22.0 Å². The first-order valence-electron chi connectivity index (χ1n) is 7.14. The summed E-state index contributed by atoms with van der Waals surface area (Å²) in [5, 5.41) is 3.39. The molecule has 0 aromatic heterocycles. The van der Waals surface area contributed by atoms with E-state index in [4.69, 9.17) is 0 Å². The summed E-state index contributed by atoms with van der Waals surface area (Å²) in [5.74, 6) is -0.125. The highest BCUT2D eigenvalue weighted by Crippen LogP contribution is 2.20. The molecule has 4 heteroatoms. The normalized spacial score (nSPS) is 22.4. The molecular formula is C15H22FN3. The van der Waals surface area contributed by atoms with Gasteiger partial charge in [-0.25, -0.2) is 4.39 Å². The van der Waals surface area contributed by atoms with Gasteiger partial charge in [-0.15, -0.1) is 0 Å². The molecule has 0 bridgehead atoms. The van der Waals surface area contributed by atoms with Gasteiger partial charge >= 0.3 is 0 Å². The fourth-order valence-electron chi connectivity index (χ4n) is 3.00. The molecule has 0 amide bonds. The van der Waals surface area contributed by atoms with Crippen molar-refractivity contribution in [3.05, 3.63) is 35.1 Å². The van der Waals surface area contributed by atoms with Gasteiger partial charge in [-0.05, 0) is 30.2 Å². The van der Waals surface area contributed by atoms with E-state index in [1.807, 2.05) is 6.07 Å². The van der Waals surface area contributed by atoms with Crippen LogP contribution in [0.5, 0.6) is 0 Å². The van der Waals surface area contributed by atoms with Crippen molar-refractivity contribution in [2.75, 3.05) is 39.3 Å². The fourth-order valence-corrected chi connectivity index (χ4v) is 3.00. The van der Waals surface area contributed by atoms with Gasteiger partial charge in [-0.1, -0.05) is 6.07 Å². The third-order valence-corrected chi connectivity index (χ3v) is 4.31. The number of hydrogen-bond acceptors (Lipinski definition) is 3. The lowest BCUT2D eigenvalue weighted by atomic mass is 10.0. The maximum Gasteiger partial charge on any atom is 0.123 e. The lowest BCUT2D eigenvalue weighted by Crippen LogP contribution is -2.62. The van der Waals surface area contributed by atoms with E-state index in [0.717, 1.165) is 51.4 Å². The van der Waals surface area contributed by atoms with Crippen LogP contribution in [-0.2, 0) is 6.54 Å². The van der Waals surface area contributed by atoms with Crippen LogP contribution in [0.25, 0.3) is 0 Å². The number of hydrogen-bond donors (Lipinski definition) is 1. The van der Waals surface area contributed by atoms with Crippen LogP contribution in [0, 0.1) is 12.7 Å². The van der Waals surface area contributed by atoms with Gasteiger partial charge in [0.05, 0.1) is 0 Å². The monoisotopic (exact) mass is 263 g/mol. The second-order valence-corrected chi connectivity index (χ2v) is 5.70. The third kappa shape index (κ3) is 2.96. The van der Waals surface area contributed by atoms with E-state index in [0.29, 0.717) is 6.04 Å². The molecule has 104 valence electrons. The molecule has 1 aromatic rings. The Balaban J connectivity index is 1.52. The van der Waals surface area contributed by atoms with Crippen LogP contribution in [-0.4, -0.2) is 55.1 Å². The maximum atomic E-state index is 13.3. The molecule has 2 aliphatic heterocycles. The molecule has 3 rings (SSSR count). The molecule has 0 radical (unpaired) electrons. The van der Waals surface area contributed by atoms with Crippen molar-refractivity contribution in [3.63, 3.8) is 0 Å². The molecule has 1 N–H and O–H groups in total. The number of nitrogens with zero attached hydrogens (tertiary/aromatic N) is 2. The van der Waals surface area contributed by atoms with Crippen LogP contribution in [0.1, 0.15) is 11.1 Å². The van der Waals surface area contributed by atoms with Gasteiger partial charge in [0.25, 0.3) is 0 Å². The molecule has 0 atom stereocenters. The standard InChI is InChI=1S/C15H22FN3/c1-12-2-3-14(16)8-13(12)9-18-10-15(11-18)19-6-4-17-5-7-19/h2-3,8,15,17H,4-7,9-11H2,1H3. The Bertz CT molecular complexity index is 437. The third-order valence-electron chi connectivity index (χ3n) is 4.31. The molecule has 2 heterocycles. The van der Waals surface area contributed by atoms with Crippen molar-refractivity contribution < 1.29 is 4.39 Å². The summed E-state index contributed by atoms with van der Waals surface area (Å²) >= 11 is 0. The highest BCUT2D eigenvalue weighted by molar-refractivity contribution is 5.26. The lowest BCUT2D eigenvalue weighted by molar-refractivity contribution is 0.0221. The number of likely N-dealkylation sites (tertiary alicyclic amines) is 1. The predicted octanol–water partition coefficient (Wildman–Crippen LogP) is 1.22. The van der Waals surface area contributed by atoms with Crippen LogP contribution in [0.3, 0.4) is 0 Å². The second kappa shape index (κ2) is 5.57. The first-order valence-corrected chi connectivity index (χ1v) is 7.14. The molecule has 0 aliphatic carbocycles. The molecule has 1 aromatic carbocycles. The van der Waals surface area contributed by atoms with Crippen molar-refractivity contribution in [2.24, 2.45) is 0 Å². The first-order chi connectivity index (χ1) is 9.22. The molecule has 2 aliphatic rings. The van der Waals surface area contributed by atoms with Crippen LogP contribution < -0.4 is 5.32 Å². The largest absolute Gasteiger partial charge is 0.314 e. The van der Waals surface area contributed by atoms with Gasteiger partial charge < -0.3 is 5.32 Å². The minimum Gasteiger partial charge on any atom is -0.314 e. The Morgan fingerprint density at radius 3 is 2.74 bits per heavy atom. The molecule has 2 saturated heterocycles. The average molecular weight is 263 g/mol. The molecule has 3 nitrogen and oxygen atoms in total. The SMILES string of the molecule is Cc1ccc(F)cc1CN1CC(N2CCNCC2)C1. The van der Waals surface area contributed by atoms with Gasteiger partial charge in [0.15, 0.2) is 0 Å². The predicted molar refractivity (Wildman–Crippen MR) is 74.6 cm³/mol. The lowest BCUT2D eigenvalue weighted by Gasteiger charge is -2.47. The Morgan fingerprint density at radius 2 is 2.00 bits per heavy atom. The smallest absolute Gasteiger partial charge is 0.123 e. The van der Waals surface area contributed by atoms with Crippen LogP contribution in [0.2, 0.25) is 0 Å². The van der Waals surface area contributed by atoms with Crippen molar-refractivity contribution in [1.29, 1.82) is 0 Å². The van der Waals surface area contributed by atoms with E-state index in [1.165, 1.54) is 5.56 Å². The maximum absolute atomic E-state index is 13.3. The molecule has 19 heavy (non-hydrogen) atoms. The Hall–Kier alpha value is -0.970. The molecule has 0 spiro atoms. The van der Waals surface area contributed by atoms with Gasteiger partial charge in [0.1, 0.15) is 5.82 Å². The minimum absolute atomic E-state index is 0.125. The Labute approximate surface area is 114 Å². The number of piperazine rings is 1. The van der Waals surface area contributed by atoms with Crippen molar-refractivity contribution in [2.45, 2.75) is 19.5 Å². The van der Waals surface area contributed by atoms with Gasteiger partial charge in [-0.2, -0.15) is 0 Å². The van der Waals surface area contributed by atoms with E-state index in [9.17, 15) is 4.39 Å². The molecular weight excluding hydrogens is 241 g/mol. The topological polar surface area (TPSA) is 18.5 Å². The van der Waals surface area contributed by atoms with Crippen molar-refractivity contribution >= 4 is 0 Å². The zero-order valence-electron chi connectivity index (χ0n) is 11.5. The second-order valence-electron chi connectivity index (χ2n) is 5.70. The number of halogens is 1. The molecule has 0 saturated carbocycles. The van der Waals surface area contributed by atoms with Crippen molar-refractivity contribution in [3.8, 4) is 0 Å². The van der Waals surface area contributed by atoms with Crippen LogP contribution >= 0.6 is 0 Å². The zero-order chi connectivity index (χ0) is 13.2. The summed E-state index contributed by atoms with van der Waals surface area (Å²) in [6.45, 7) is 9.73. The number of rotatable bonds is 3. The summed E-state index contributed by atoms with van der Waals surface area (Å²) < 4.78 is 13.3. The highest BCUT2D eigenvalue weighted by atomic mass is 19.1. The molecule has 0 unspecified atom stereocenters. The quantitative estimate of drug-likeness (QED) is 0.885. The van der Waals surface area contributed by atoms with Gasteiger partial charge in [0.2, 0.25) is 0 Å². The summed E-state index contributed by atoms with van der Waals surface area (Å²) in [7, 11) is 0. The highest BCUT2D eigenvalue weighted by Gasteiger charge is 2.32. The van der Waals surface area contributed by atoms with E-state index >= 15 is 0 Å². The van der Waals surface area contributed by atoms with E-state index < -0.39 is 0 Å². The first kappa shape index (κ1) is 13.0. The van der Waals surface area contributed by atoms with Gasteiger partial charge in [0, 0.05) is 51.9 Å². The van der Waals surface area contributed by atoms with E-state index in [1.54, 1.807) is 12.1 Å². The molecule has 2 fully saturated rings. The summed E-state index contributed by atoms with van der Waals surface area (Å²) in [4.78, 5) is 4.99. The van der Waals surface area contributed by atoms with Crippen molar-refractivity contribution in [1.82, 2.24) is 15.1 Å². The summed E-state index contributed by atoms with van der Waals surface area (Å²) in [6.07, 6.45) is 0. The number of benzene rings is 1. The van der Waals surface area contributed by atoms with Gasteiger partial charge in [-0.3, -0.25) is 9.80 Å². The Morgan fingerprint density at radius 1 is 1.26 bits per heavy atom. The minimum atomic E-state index is -0.125.